The molecule has 120 valence electrons. The van der Waals surface area contributed by atoms with Crippen molar-refractivity contribution in [2.45, 2.75) is 63.7 Å². The van der Waals surface area contributed by atoms with Crippen LogP contribution in [-0.2, 0) is 0 Å². The van der Waals surface area contributed by atoms with Gasteiger partial charge in [-0.2, -0.15) is 0 Å². The Morgan fingerprint density at radius 1 is 1.00 bits per heavy atom. The molecule has 0 aliphatic heterocycles. The third kappa shape index (κ3) is 3.05. The summed E-state index contributed by atoms with van der Waals surface area (Å²) < 4.78 is 0. The van der Waals surface area contributed by atoms with E-state index in [4.69, 9.17) is 0 Å². The maximum atomic E-state index is 11.9. The van der Waals surface area contributed by atoms with E-state index in [2.05, 4.69) is 23.0 Å². The maximum absolute atomic E-state index is 11.9. The molecule has 1 aromatic carbocycles. The van der Waals surface area contributed by atoms with Crippen molar-refractivity contribution in [3.63, 3.8) is 0 Å². The molecule has 0 aromatic heterocycles. The molecular weight excluding hydrogens is 272 g/mol. The first-order valence-corrected chi connectivity index (χ1v) is 8.82. The molecule has 0 radical (unpaired) electrons. The van der Waals surface area contributed by atoms with E-state index >= 15 is 0 Å². The first kappa shape index (κ1) is 15.5. The Morgan fingerprint density at radius 3 is 2.27 bits per heavy atom. The lowest BCUT2D eigenvalue weighted by Gasteiger charge is -2.47. The van der Waals surface area contributed by atoms with E-state index in [9.17, 15) is 4.79 Å². The van der Waals surface area contributed by atoms with Gasteiger partial charge < -0.3 is 0 Å². The Balaban J connectivity index is 1.80. The summed E-state index contributed by atoms with van der Waals surface area (Å²) in [5.74, 6) is 0.632. The first-order chi connectivity index (χ1) is 10.7. The van der Waals surface area contributed by atoms with Crippen LogP contribution in [-0.4, -0.2) is 13.0 Å². The number of hydrogen-bond acceptors (Lipinski definition) is 2. The van der Waals surface area contributed by atoms with Crippen LogP contribution in [0, 0.1) is 5.41 Å². The van der Waals surface area contributed by atoms with Crippen molar-refractivity contribution in [2.75, 3.05) is 7.05 Å². The zero-order chi connectivity index (χ0) is 15.4. The summed E-state index contributed by atoms with van der Waals surface area (Å²) in [6, 6.07) is 8.34. The van der Waals surface area contributed by atoms with Crippen LogP contribution < -0.4 is 10.9 Å². The standard InChI is InChI=1S/C19H28N2O/c1-20-21-18(22)16-10-8-15(9-11-16)17-7-3-6-14-19(17)12-4-2-5-13-19/h8-11,17,20H,2-7,12-14H2,1H3,(H,21,22). The molecule has 0 bridgehead atoms. The molecule has 2 N–H and O–H groups in total. The maximum Gasteiger partial charge on any atom is 0.265 e. The topological polar surface area (TPSA) is 41.1 Å². The fraction of sp³-hybridized carbons (Fsp3) is 0.632. The second-order valence-electron chi connectivity index (χ2n) is 7.05. The van der Waals surface area contributed by atoms with E-state index in [0.29, 0.717) is 11.3 Å². The zero-order valence-electron chi connectivity index (χ0n) is 13.7. The number of nitrogens with one attached hydrogen (secondary N) is 2. The predicted molar refractivity (Wildman–Crippen MR) is 89.7 cm³/mol. The van der Waals surface area contributed by atoms with Gasteiger partial charge in [0.1, 0.15) is 0 Å². The summed E-state index contributed by atoms with van der Waals surface area (Å²) in [7, 11) is 1.71. The van der Waals surface area contributed by atoms with Gasteiger partial charge in [0.05, 0.1) is 0 Å². The summed E-state index contributed by atoms with van der Waals surface area (Å²) in [5.41, 5.74) is 8.04. The molecule has 3 heteroatoms. The van der Waals surface area contributed by atoms with Crippen LogP contribution in [0.25, 0.3) is 0 Å². The predicted octanol–water partition coefficient (Wildman–Crippen LogP) is 4.16. The largest absolute Gasteiger partial charge is 0.288 e. The molecule has 2 aliphatic carbocycles. The highest BCUT2D eigenvalue weighted by Crippen LogP contribution is 2.55. The van der Waals surface area contributed by atoms with Crippen LogP contribution in [0.1, 0.15) is 79.6 Å². The summed E-state index contributed by atoms with van der Waals surface area (Å²) in [6.07, 6.45) is 12.5. The molecule has 2 aliphatic rings. The van der Waals surface area contributed by atoms with Crippen LogP contribution >= 0.6 is 0 Å². The van der Waals surface area contributed by atoms with Crippen molar-refractivity contribution in [1.82, 2.24) is 10.9 Å². The van der Waals surface area contributed by atoms with Gasteiger partial charge in [-0.3, -0.25) is 10.2 Å². The molecular formula is C19H28N2O. The molecule has 1 aromatic rings. The molecule has 2 saturated carbocycles. The SMILES string of the molecule is CNNC(=O)c1ccc(C2CCCCC23CCCCC3)cc1. The highest BCUT2D eigenvalue weighted by atomic mass is 16.2. The van der Waals surface area contributed by atoms with Crippen LogP contribution in [0.4, 0.5) is 0 Å². The number of rotatable bonds is 3. The van der Waals surface area contributed by atoms with Crippen LogP contribution in [0.2, 0.25) is 0 Å². The third-order valence-corrected chi connectivity index (χ3v) is 5.82. The molecule has 3 nitrogen and oxygen atoms in total. The minimum Gasteiger partial charge on any atom is -0.288 e. The number of hydrazine groups is 1. The number of hydrogen-bond donors (Lipinski definition) is 2. The quantitative estimate of drug-likeness (QED) is 0.823. The fourth-order valence-corrected chi connectivity index (χ4v) is 4.73. The molecule has 1 unspecified atom stereocenters. The molecule has 3 rings (SSSR count). The Hall–Kier alpha value is -1.35. The Bertz CT molecular complexity index is 494. The van der Waals surface area contributed by atoms with E-state index < -0.39 is 0 Å². The molecule has 0 saturated heterocycles. The first-order valence-electron chi connectivity index (χ1n) is 8.82. The summed E-state index contributed by atoms with van der Waals surface area (Å²) in [6.45, 7) is 0. The highest BCUT2D eigenvalue weighted by Gasteiger charge is 2.41. The Labute approximate surface area is 133 Å². The van der Waals surface area contributed by atoms with Crippen LogP contribution in [0.5, 0.6) is 0 Å². The minimum absolute atomic E-state index is 0.0647. The van der Waals surface area contributed by atoms with Crippen molar-refractivity contribution in [2.24, 2.45) is 5.41 Å². The monoisotopic (exact) mass is 300 g/mol. The lowest BCUT2D eigenvalue weighted by atomic mass is 9.58. The third-order valence-electron chi connectivity index (χ3n) is 5.82. The van der Waals surface area contributed by atoms with Gasteiger partial charge in [-0.25, -0.2) is 5.43 Å². The lowest BCUT2D eigenvalue weighted by molar-refractivity contribution is 0.0925. The molecule has 2 fully saturated rings. The highest BCUT2D eigenvalue weighted by molar-refractivity contribution is 5.93. The van der Waals surface area contributed by atoms with Crippen molar-refractivity contribution >= 4 is 5.91 Å². The van der Waals surface area contributed by atoms with Crippen molar-refractivity contribution in [1.29, 1.82) is 0 Å². The van der Waals surface area contributed by atoms with E-state index in [-0.39, 0.29) is 5.91 Å². The average Bonchev–Trinajstić information content (AvgIpc) is 2.56. The average molecular weight is 300 g/mol. The van der Waals surface area contributed by atoms with Crippen molar-refractivity contribution in [3.8, 4) is 0 Å². The van der Waals surface area contributed by atoms with E-state index in [1.165, 1.54) is 63.4 Å². The van der Waals surface area contributed by atoms with Gasteiger partial charge in [0.15, 0.2) is 0 Å². The number of benzene rings is 1. The van der Waals surface area contributed by atoms with Crippen LogP contribution in [0.15, 0.2) is 24.3 Å². The fourth-order valence-electron chi connectivity index (χ4n) is 4.73. The van der Waals surface area contributed by atoms with Crippen LogP contribution in [0.3, 0.4) is 0 Å². The number of carbonyl (C=O) groups is 1. The van der Waals surface area contributed by atoms with E-state index in [0.717, 1.165) is 5.56 Å². The second-order valence-corrected chi connectivity index (χ2v) is 7.05. The van der Waals surface area contributed by atoms with Gasteiger partial charge in [-0.15, -0.1) is 0 Å². The zero-order valence-corrected chi connectivity index (χ0v) is 13.7. The van der Waals surface area contributed by atoms with Gasteiger partial charge in [-0.1, -0.05) is 44.2 Å². The van der Waals surface area contributed by atoms with Crippen molar-refractivity contribution in [3.05, 3.63) is 35.4 Å². The smallest absolute Gasteiger partial charge is 0.265 e. The molecule has 22 heavy (non-hydrogen) atoms. The Morgan fingerprint density at radius 2 is 1.64 bits per heavy atom. The van der Waals surface area contributed by atoms with Crippen molar-refractivity contribution < 1.29 is 4.79 Å². The van der Waals surface area contributed by atoms with Gasteiger partial charge in [0.25, 0.3) is 5.91 Å². The summed E-state index contributed by atoms with van der Waals surface area (Å²) >= 11 is 0. The molecule has 1 amide bonds. The normalized spacial score (nSPS) is 24.1. The van der Waals surface area contributed by atoms with E-state index in [1.54, 1.807) is 7.05 Å². The molecule has 0 heterocycles. The molecule has 1 spiro atoms. The summed E-state index contributed by atoms with van der Waals surface area (Å²) in [5, 5.41) is 0. The lowest BCUT2D eigenvalue weighted by Crippen LogP contribution is -2.35. The minimum atomic E-state index is -0.0647. The van der Waals surface area contributed by atoms with Gasteiger partial charge >= 0.3 is 0 Å². The number of carbonyl (C=O) groups excluding carboxylic acids is 1. The molecule has 1 atom stereocenters. The van der Waals surface area contributed by atoms with Gasteiger partial charge in [0.2, 0.25) is 0 Å². The summed E-state index contributed by atoms with van der Waals surface area (Å²) in [4.78, 5) is 11.9. The van der Waals surface area contributed by atoms with Gasteiger partial charge in [0, 0.05) is 12.6 Å². The number of amides is 1. The van der Waals surface area contributed by atoms with Gasteiger partial charge in [-0.05, 0) is 54.7 Å². The van der Waals surface area contributed by atoms with E-state index in [1.807, 2.05) is 12.1 Å². The Kier molecular flexibility index (Phi) is 4.82. The second kappa shape index (κ2) is 6.82.